The lowest BCUT2D eigenvalue weighted by atomic mass is 9.97. The molecule has 1 amide bonds. The lowest BCUT2D eigenvalue weighted by Gasteiger charge is -2.32. The van der Waals surface area contributed by atoms with Gasteiger partial charge in [0.05, 0.1) is 6.54 Å². The molecule has 0 spiro atoms. The number of amides is 1. The lowest BCUT2D eigenvalue weighted by Crippen LogP contribution is -2.40. The second kappa shape index (κ2) is 6.98. The quantitative estimate of drug-likeness (QED) is 0.687. The van der Waals surface area contributed by atoms with Crippen molar-refractivity contribution in [1.82, 2.24) is 29.5 Å². The molecule has 0 bridgehead atoms. The van der Waals surface area contributed by atoms with E-state index >= 15 is 0 Å². The fourth-order valence-electron chi connectivity index (χ4n) is 4.47. The first-order valence-corrected chi connectivity index (χ1v) is 9.94. The van der Waals surface area contributed by atoms with E-state index in [-0.39, 0.29) is 5.91 Å². The molecule has 0 saturated carbocycles. The summed E-state index contributed by atoms with van der Waals surface area (Å²) in [7, 11) is 2.16. The van der Waals surface area contributed by atoms with Gasteiger partial charge >= 0.3 is 0 Å². The summed E-state index contributed by atoms with van der Waals surface area (Å²) in [6.07, 6.45) is 4.06. The van der Waals surface area contributed by atoms with E-state index in [1.165, 1.54) is 6.42 Å². The lowest BCUT2D eigenvalue weighted by molar-refractivity contribution is 0.0701. The van der Waals surface area contributed by atoms with E-state index in [1.807, 2.05) is 35.2 Å². The normalized spacial score (nSPS) is 20.3. The van der Waals surface area contributed by atoms with Gasteiger partial charge in [0.1, 0.15) is 11.5 Å². The molecule has 2 aliphatic rings. The molecule has 144 valence electrons. The van der Waals surface area contributed by atoms with Gasteiger partial charge in [-0.25, -0.2) is 0 Å². The minimum absolute atomic E-state index is 0.0370. The molecule has 7 heteroatoms. The molecule has 0 radical (unpaired) electrons. The van der Waals surface area contributed by atoms with Gasteiger partial charge in [0, 0.05) is 37.1 Å². The maximum atomic E-state index is 13.2. The third-order valence-electron chi connectivity index (χ3n) is 5.93. The highest BCUT2D eigenvalue weighted by molar-refractivity contribution is 6.05. The summed E-state index contributed by atoms with van der Waals surface area (Å²) in [5.41, 5.74) is 0.514. The van der Waals surface area contributed by atoms with Crippen molar-refractivity contribution < 1.29 is 4.79 Å². The second-order valence-electron chi connectivity index (χ2n) is 7.83. The first kappa shape index (κ1) is 17.3. The highest BCUT2D eigenvalue weighted by Crippen LogP contribution is 2.27. The smallest absolute Gasteiger partial charge is 0.273 e. The summed E-state index contributed by atoms with van der Waals surface area (Å²) in [6.45, 7) is 4.07. The predicted molar refractivity (Wildman–Crippen MR) is 106 cm³/mol. The fraction of sp³-hybridized carbons (Fsp3) is 0.429. The first-order valence-electron chi connectivity index (χ1n) is 9.94. The van der Waals surface area contributed by atoms with Crippen LogP contribution < -0.4 is 0 Å². The Morgan fingerprint density at radius 2 is 2.00 bits per heavy atom. The van der Waals surface area contributed by atoms with E-state index in [1.54, 1.807) is 6.20 Å². The number of aromatic nitrogens is 4. The monoisotopic (exact) mass is 376 g/mol. The number of carbonyl (C=O) groups excluding carboxylic acids is 1. The zero-order chi connectivity index (χ0) is 19.1. The van der Waals surface area contributed by atoms with Crippen LogP contribution in [0.15, 0.2) is 36.5 Å². The van der Waals surface area contributed by atoms with Crippen molar-refractivity contribution >= 4 is 16.7 Å². The maximum absolute atomic E-state index is 13.2. The van der Waals surface area contributed by atoms with Crippen LogP contribution in [0.5, 0.6) is 0 Å². The molecule has 2 aliphatic heterocycles. The molecular formula is C21H24N6O. The first-order chi connectivity index (χ1) is 13.7. The van der Waals surface area contributed by atoms with Crippen LogP contribution in [-0.4, -0.2) is 62.1 Å². The van der Waals surface area contributed by atoms with Gasteiger partial charge in [0.25, 0.3) is 5.91 Å². The van der Waals surface area contributed by atoms with Gasteiger partial charge in [-0.3, -0.25) is 9.78 Å². The fourth-order valence-corrected chi connectivity index (χ4v) is 4.47. The van der Waals surface area contributed by atoms with Crippen molar-refractivity contribution in [3.05, 3.63) is 53.9 Å². The molecule has 1 saturated heterocycles. The second-order valence-corrected chi connectivity index (χ2v) is 7.83. The van der Waals surface area contributed by atoms with E-state index in [9.17, 15) is 4.79 Å². The van der Waals surface area contributed by atoms with Crippen molar-refractivity contribution in [2.75, 3.05) is 26.7 Å². The van der Waals surface area contributed by atoms with Crippen LogP contribution in [0.3, 0.4) is 0 Å². The Morgan fingerprint density at radius 3 is 2.89 bits per heavy atom. The van der Waals surface area contributed by atoms with Crippen molar-refractivity contribution in [2.24, 2.45) is 0 Å². The number of nitrogens with zero attached hydrogens (tertiary/aromatic N) is 6. The molecule has 1 atom stereocenters. The number of hydrogen-bond donors (Lipinski definition) is 0. The van der Waals surface area contributed by atoms with Crippen LogP contribution in [0.4, 0.5) is 0 Å². The van der Waals surface area contributed by atoms with Gasteiger partial charge in [-0.2, -0.15) is 0 Å². The molecular weight excluding hydrogens is 352 g/mol. The predicted octanol–water partition coefficient (Wildman–Crippen LogP) is 2.29. The number of pyridine rings is 1. The highest BCUT2D eigenvalue weighted by Gasteiger charge is 2.30. The summed E-state index contributed by atoms with van der Waals surface area (Å²) in [5.74, 6) is 2.35. The third-order valence-corrected chi connectivity index (χ3v) is 5.93. The average molecular weight is 376 g/mol. The van der Waals surface area contributed by atoms with Crippen molar-refractivity contribution in [3.8, 4) is 0 Å². The topological polar surface area (TPSA) is 67.2 Å². The number of fused-ring (bicyclic) bond motifs is 2. The molecule has 1 unspecified atom stereocenters. The summed E-state index contributed by atoms with van der Waals surface area (Å²) in [6, 6.07) is 9.82. The SMILES string of the molecule is CN1CCCC(c2nnc3n2CCN(C(=O)c2nccc4ccccc24)C3)C1. The Kier molecular flexibility index (Phi) is 4.31. The number of rotatable bonds is 2. The zero-order valence-corrected chi connectivity index (χ0v) is 16.1. The van der Waals surface area contributed by atoms with Crippen LogP contribution in [0.2, 0.25) is 0 Å². The Morgan fingerprint density at radius 1 is 1.11 bits per heavy atom. The van der Waals surface area contributed by atoms with Gasteiger partial charge in [-0.1, -0.05) is 24.3 Å². The Labute approximate surface area is 164 Å². The standard InChI is InChI=1S/C21H24N6O/c1-25-10-4-6-16(13-25)20-24-23-18-14-26(11-12-27(18)20)21(28)19-17-7-3-2-5-15(17)8-9-22-19/h2-3,5,7-9,16H,4,6,10-14H2,1H3. The van der Waals surface area contributed by atoms with Crippen molar-refractivity contribution in [2.45, 2.75) is 31.8 Å². The zero-order valence-electron chi connectivity index (χ0n) is 16.1. The molecule has 5 rings (SSSR count). The van der Waals surface area contributed by atoms with Crippen molar-refractivity contribution in [1.29, 1.82) is 0 Å². The largest absolute Gasteiger partial charge is 0.328 e. The Bertz CT molecular complexity index is 1020. The summed E-state index contributed by atoms with van der Waals surface area (Å²) < 4.78 is 2.23. The van der Waals surface area contributed by atoms with Crippen LogP contribution in [0.25, 0.3) is 10.8 Å². The van der Waals surface area contributed by atoms with Crippen LogP contribution in [0, 0.1) is 0 Å². The van der Waals surface area contributed by atoms with Gasteiger partial charge < -0.3 is 14.4 Å². The number of piperidine rings is 1. The average Bonchev–Trinajstić information content (AvgIpc) is 3.16. The van der Waals surface area contributed by atoms with E-state index < -0.39 is 0 Å². The van der Waals surface area contributed by atoms with Crippen LogP contribution >= 0.6 is 0 Å². The Hall–Kier alpha value is -2.80. The maximum Gasteiger partial charge on any atom is 0.273 e. The van der Waals surface area contributed by atoms with E-state index in [2.05, 4.69) is 31.7 Å². The van der Waals surface area contributed by atoms with E-state index in [4.69, 9.17) is 0 Å². The summed E-state index contributed by atoms with van der Waals surface area (Å²) in [5, 5.41) is 10.9. The van der Waals surface area contributed by atoms with Gasteiger partial charge in [0.15, 0.2) is 5.82 Å². The van der Waals surface area contributed by atoms with E-state index in [0.717, 1.165) is 48.5 Å². The van der Waals surface area contributed by atoms with Crippen LogP contribution in [0.1, 0.15) is 40.9 Å². The molecule has 2 aromatic heterocycles. The number of carbonyl (C=O) groups is 1. The summed E-state index contributed by atoms with van der Waals surface area (Å²) >= 11 is 0. The van der Waals surface area contributed by atoms with E-state index in [0.29, 0.717) is 24.7 Å². The van der Waals surface area contributed by atoms with Crippen LogP contribution in [-0.2, 0) is 13.1 Å². The minimum Gasteiger partial charge on any atom is -0.328 e. The number of hydrogen-bond acceptors (Lipinski definition) is 5. The molecule has 0 aliphatic carbocycles. The molecule has 7 nitrogen and oxygen atoms in total. The molecule has 3 aromatic rings. The molecule has 28 heavy (non-hydrogen) atoms. The van der Waals surface area contributed by atoms with Crippen molar-refractivity contribution in [3.63, 3.8) is 0 Å². The van der Waals surface area contributed by atoms with Gasteiger partial charge in [0.2, 0.25) is 0 Å². The third kappa shape index (κ3) is 2.96. The number of likely N-dealkylation sites (tertiary alicyclic amines) is 1. The molecule has 1 fully saturated rings. The summed E-state index contributed by atoms with van der Waals surface area (Å²) in [4.78, 5) is 21.8. The molecule has 1 aromatic carbocycles. The molecule has 4 heterocycles. The molecule has 0 N–H and O–H groups in total. The number of benzene rings is 1. The number of likely N-dealkylation sites (N-methyl/N-ethyl adjacent to an activating group) is 1. The minimum atomic E-state index is -0.0370. The van der Waals surface area contributed by atoms with Gasteiger partial charge in [-0.05, 0) is 37.9 Å². The highest BCUT2D eigenvalue weighted by atomic mass is 16.2. The Balaban J connectivity index is 1.40. The van der Waals surface area contributed by atoms with Gasteiger partial charge in [-0.15, -0.1) is 10.2 Å².